The summed E-state index contributed by atoms with van der Waals surface area (Å²) in [5.74, 6) is 1.45. The molecule has 0 aliphatic heterocycles. The van der Waals surface area contributed by atoms with Gasteiger partial charge in [-0.2, -0.15) is 0 Å². The summed E-state index contributed by atoms with van der Waals surface area (Å²) in [4.78, 5) is 20.8. The molecule has 1 aromatic heterocycles. The molecule has 8 nitrogen and oxygen atoms in total. The summed E-state index contributed by atoms with van der Waals surface area (Å²) in [6, 6.07) is 12.5. The average Bonchev–Trinajstić information content (AvgIpc) is 2.74. The Balaban J connectivity index is 1.65. The van der Waals surface area contributed by atoms with E-state index < -0.39 is 6.03 Å². The Hall–Kier alpha value is -3.33. The predicted molar refractivity (Wildman–Crippen MR) is 110 cm³/mol. The van der Waals surface area contributed by atoms with Crippen LogP contribution in [0.1, 0.15) is 0 Å². The molecule has 9 heteroatoms. The Labute approximate surface area is 170 Å². The Morgan fingerprint density at radius 1 is 1.04 bits per heavy atom. The topological polar surface area (TPSA) is 97.4 Å². The van der Waals surface area contributed by atoms with Crippen LogP contribution < -0.4 is 25.6 Å². The lowest BCUT2D eigenvalue weighted by Gasteiger charge is -2.14. The molecule has 0 aliphatic carbocycles. The van der Waals surface area contributed by atoms with Gasteiger partial charge in [0, 0.05) is 22.2 Å². The number of carbonyl (C=O) groups excluding carboxylic acids is 1. The van der Waals surface area contributed by atoms with E-state index in [4.69, 9.17) is 9.47 Å². The van der Waals surface area contributed by atoms with Crippen molar-refractivity contribution in [2.75, 3.05) is 25.0 Å². The van der Waals surface area contributed by atoms with Gasteiger partial charge in [0.2, 0.25) is 0 Å². The van der Waals surface area contributed by atoms with Crippen molar-refractivity contribution in [3.05, 3.63) is 59.3 Å². The lowest BCUT2D eigenvalue weighted by atomic mass is 10.2. The molecule has 3 rings (SSSR count). The summed E-state index contributed by atoms with van der Waals surface area (Å²) in [5, 5.41) is 2.71. The smallest absolute Gasteiger partial charge is 0.337 e. The van der Waals surface area contributed by atoms with Crippen molar-refractivity contribution in [2.24, 2.45) is 0 Å². The molecule has 2 aromatic carbocycles. The van der Waals surface area contributed by atoms with Crippen molar-refractivity contribution in [1.29, 1.82) is 0 Å². The van der Waals surface area contributed by atoms with Crippen LogP contribution in [0.15, 0.2) is 59.3 Å². The van der Waals surface area contributed by atoms with Crippen molar-refractivity contribution >= 4 is 33.5 Å². The van der Waals surface area contributed by atoms with Gasteiger partial charge >= 0.3 is 6.03 Å². The molecule has 28 heavy (non-hydrogen) atoms. The van der Waals surface area contributed by atoms with Crippen molar-refractivity contribution < 1.29 is 14.3 Å². The summed E-state index contributed by atoms with van der Waals surface area (Å²) in [6.45, 7) is 0. The van der Waals surface area contributed by atoms with Gasteiger partial charge in [0.1, 0.15) is 0 Å². The number of methoxy groups -OCH3 is 2. The highest BCUT2D eigenvalue weighted by molar-refractivity contribution is 9.10. The van der Waals surface area contributed by atoms with Crippen molar-refractivity contribution in [1.82, 2.24) is 15.4 Å². The van der Waals surface area contributed by atoms with E-state index in [0.29, 0.717) is 33.2 Å². The number of benzene rings is 2. The lowest BCUT2D eigenvalue weighted by molar-refractivity contribution is 0.253. The van der Waals surface area contributed by atoms with Crippen molar-refractivity contribution in [3.63, 3.8) is 0 Å². The number of hydrogen-bond donors (Lipinski definition) is 3. The highest BCUT2D eigenvalue weighted by atomic mass is 79.9. The fraction of sp³-hybridized carbons (Fsp3) is 0.105. The molecular weight excluding hydrogens is 426 g/mol. The summed E-state index contributed by atoms with van der Waals surface area (Å²) in [6.07, 6.45) is 3.17. The van der Waals surface area contributed by atoms with E-state index in [-0.39, 0.29) is 0 Å². The van der Waals surface area contributed by atoms with Crippen molar-refractivity contribution in [2.45, 2.75) is 0 Å². The summed E-state index contributed by atoms with van der Waals surface area (Å²) >= 11 is 3.39. The second-order valence-corrected chi connectivity index (χ2v) is 6.40. The van der Waals surface area contributed by atoms with Gasteiger partial charge in [0.05, 0.1) is 38.0 Å². The Bertz CT molecular complexity index is 969. The highest BCUT2D eigenvalue weighted by Crippen LogP contribution is 2.36. The molecule has 0 spiro atoms. The second-order valence-electron chi connectivity index (χ2n) is 5.55. The zero-order valence-corrected chi connectivity index (χ0v) is 16.8. The van der Waals surface area contributed by atoms with Crippen LogP contribution >= 0.6 is 15.9 Å². The van der Waals surface area contributed by atoms with Crippen molar-refractivity contribution in [3.8, 4) is 22.8 Å². The first-order valence-corrected chi connectivity index (χ1v) is 9.02. The number of carbonyl (C=O) groups is 1. The Morgan fingerprint density at radius 2 is 1.75 bits per heavy atom. The minimum absolute atomic E-state index is 0.405. The molecule has 144 valence electrons. The maximum absolute atomic E-state index is 12.2. The predicted octanol–water partition coefficient (Wildman–Crippen LogP) is 4.07. The number of halogens is 1. The van der Waals surface area contributed by atoms with E-state index in [0.717, 1.165) is 5.56 Å². The van der Waals surface area contributed by atoms with E-state index in [9.17, 15) is 4.79 Å². The van der Waals surface area contributed by atoms with Gasteiger partial charge in [-0.15, -0.1) is 0 Å². The van der Waals surface area contributed by atoms with Gasteiger partial charge in [0.15, 0.2) is 17.3 Å². The molecule has 0 radical (unpaired) electrons. The van der Waals surface area contributed by atoms with Gasteiger partial charge in [-0.1, -0.05) is 30.3 Å². The molecule has 0 bridgehead atoms. The molecule has 0 saturated carbocycles. The number of hydrogen-bond acceptors (Lipinski definition) is 6. The number of nitrogens with one attached hydrogen (secondary N) is 3. The number of anilines is 2. The van der Waals surface area contributed by atoms with E-state index in [1.165, 1.54) is 13.3 Å². The molecule has 0 atom stereocenters. The minimum atomic E-state index is -0.486. The molecule has 0 aliphatic rings. The van der Waals surface area contributed by atoms with Crippen LogP contribution in [0.2, 0.25) is 0 Å². The fourth-order valence-corrected chi connectivity index (χ4v) is 2.82. The molecule has 0 saturated heterocycles. The molecule has 3 aromatic rings. The molecule has 3 N–H and O–H groups in total. The van der Waals surface area contributed by atoms with Gasteiger partial charge in [-0.25, -0.2) is 15.2 Å². The van der Waals surface area contributed by atoms with Crippen LogP contribution in [0.5, 0.6) is 11.5 Å². The zero-order valence-electron chi connectivity index (χ0n) is 15.2. The maximum atomic E-state index is 12.2. The van der Waals surface area contributed by atoms with Crippen LogP contribution in [0.3, 0.4) is 0 Å². The number of ether oxygens (including phenoxy) is 2. The van der Waals surface area contributed by atoms with Crippen LogP contribution in [-0.2, 0) is 0 Å². The van der Waals surface area contributed by atoms with Gasteiger partial charge in [-0.05, 0) is 15.9 Å². The third-order valence-corrected chi connectivity index (χ3v) is 4.39. The number of nitrogens with zero attached hydrogens (tertiary/aromatic N) is 2. The zero-order chi connectivity index (χ0) is 19.9. The molecule has 0 unspecified atom stereocenters. The first-order chi connectivity index (χ1) is 13.6. The summed E-state index contributed by atoms with van der Waals surface area (Å²) in [7, 11) is 3.06. The third-order valence-electron chi connectivity index (χ3n) is 3.73. The largest absolute Gasteiger partial charge is 0.493 e. The average molecular weight is 444 g/mol. The van der Waals surface area contributed by atoms with Crippen LogP contribution in [0, 0.1) is 0 Å². The normalized spacial score (nSPS) is 10.1. The lowest BCUT2D eigenvalue weighted by Crippen LogP contribution is -2.34. The Kier molecular flexibility index (Phi) is 6.28. The van der Waals surface area contributed by atoms with E-state index in [1.807, 2.05) is 30.3 Å². The van der Waals surface area contributed by atoms with E-state index in [1.54, 1.807) is 25.4 Å². The van der Waals surface area contributed by atoms with Gasteiger partial charge in [-0.3, -0.25) is 10.4 Å². The molecule has 0 fully saturated rings. The third kappa shape index (κ3) is 4.68. The van der Waals surface area contributed by atoms with Gasteiger partial charge in [0.25, 0.3) is 0 Å². The number of rotatable bonds is 6. The SMILES string of the molecule is COc1cc(Br)c(NC(=O)NNc2cncc(-c3ccccc3)n2)cc1OC. The second kappa shape index (κ2) is 9.05. The number of amides is 2. The molecule has 2 amide bonds. The monoisotopic (exact) mass is 443 g/mol. The highest BCUT2D eigenvalue weighted by Gasteiger charge is 2.12. The number of aromatic nitrogens is 2. The van der Waals surface area contributed by atoms with E-state index >= 15 is 0 Å². The first-order valence-electron chi connectivity index (χ1n) is 8.22. The van der Waals surface area contributed by atoms with Gasteiger partial charge < -0.3 is 14.8 Å². The maximum Gasteiger partial charge on any atom is 0.337 e. The minimum Gasteiger partial charge on any atom is -0.493 e. The van der Waals surface area contributed by atoms with E-state index in [2.05, 4.69) is 42.1 Å². The van der Waals surface area contributed by atoms with Crippen LogP contribution in [0.25, 0.3) is 11.3 Å². The molecule has 1 heterocycles. The fourth-order valence-electron chi connectivity index (χ4n) is 2.40. The number of urea groups is 1. The summed E-state index contributed by atoms with van der Waals surface area (Å²) in [5.41, 5.74) is 7.40. The standard InChI is InChI=1S/C19H18BrN5O3/c1-27-16-8-13(20)14(9-17(16)28-2)23-19(26)25-24-18-11-21-10-15(22-18)12-6-4-3-5-7-12/h3-11H,1-2H3,(H,22,24)(H2,23,25,26). The summed E-state index contributed by atoms with van der Waals surface area (Å²) < 4.78 is 11.1. The quantitative estimate of drug-likeness (QED) is 0.496. The first kappa shape index (κ1) is 19.4. The van der Waals surface area contributed by atoms with Crippen LogP contribution in [0.4, 0.5) is 16.3 Å². The molecular formula is C19H18BrN5O3. The Morgan fingerprint density at radius 3 is 2.46 bits per heavy atom. The number of hydrazine groups is 1. The van der Waals surface area contributed by atoms with Crippen LogP contribution in [-0.4, -0.2) is 30.2 Å².